The van der Waals surface area contributed by atoms with Crippen molar-refractivity contribution in [2.45, 2.75) is 58.5 Å². The van der Waals surface area contributed by atoms with Gasteiger partial charge in [-0.2, -0.15) is 0 Å². The highest BCUT2D eigenvalue weighted by molar-refractivity contribution is 5.89. The molecule has 1 aliphatic heterocycles. The molecule has 0 spiro atoms. The van der Waals surface area contributed by atoms with E-state index in [4.69, 9.17) is 19.9 Å². The van der Waals surface area contributed by atoms with Crippen molar-refractivity contribution < 1.29 is 23.4 Å². The molecule has 1 heterocycles. The molecular formula is C25H29FN2O4. The van der Waals surface area contributed by atoms with E-state index in [1.807, 2.05) is 0 Å². The van der Waals surface area contributed by atoms with Crippen LogP contribution in [0.1, 0.15) is 56.7 Å². The molecule has 3 N–H and O–H groups in total. The van der Waals surface area contributed by atoms with Gasteiger partial charge in [0.2, 0.25) is 0 Å². The molecule has 0 aliphatic carbocycles. The van der Waals surface area contributed by atoms with Crippen molar-refractivity contribution >= 4 is 17.5 Å². The molecule has 170 valence electrons. The number of hydrogen-bond acceptors (Lipinski definition) is 5. The lowest BCUT2D eigenvalue weighted by molar-refractivity contribution is -0.168. The lowest BCUT2D eigenvalue weighted by Gasteiger charge is -2.23. The van der Waals surface area contributed by atoms with Gasteiger partial charge in [-0.15, -0.1) is 0 Å². The van der Waals surface area contributed by atoms with Crippen LogP contribution in [-0.2, 0) is 20.8 Å². The number of benzene rings is 2. The summed E-state index contributed by atoms with van der Waals surface area (Å²) < 4.78 is 30.1. The Morgan fingerprint density at radius 3 is 2.62 bits per heavy atom. The Morgan fingerprint density at radius 1 is 1.22 bits per heavy atom. The van der Waals surface area contributed by atoms with Crippen molar-refractivity contribution in [1.82, 2.24) is 0 Å². The molecule has 1 amide bonds. The second kappa shape index (κ2) is 10.5. The molecule has 32 heavy (non-hydrogen) atoms. The predicted molar refractivity (Wildman–Crippen MR) is 121 cm³/mol. The third kappa shape index (κ3) is 7.26. The summed E-state index contributed by atoms with van der Waals surface area (Å²) in [6, 6.07) is 9.35. The van der Waals surface area contributed by atoms with Crippen molar-refractivity contribution in [3.05, 3.63) is 58.9 Å². The van der Waals surface area contributed by atoms with Crippen molar-refractivity contribution in [3.63, 3.8) is 0 Å². The summed E-state index contributed by atoms with van der Waals surface area (Å²) in [5, 5.41) is 2.69. The topological polar surface area (TPSA) is 82.8 Å². The molecule has 0 bridgehead atoms. The Kier molecular flexibility index (Phi) is 7.73. The van der Waals surface area contributed by atoms with Gasteiger partial charge in [0.05, 0.1) is 18.0 Å². The number of nitrogens with two attached hydrogens (primary N) is 1. The zero-order valence-electron chi connectivity index (χ0n) is 18.7. The minimum atomic E-state index is -0.635. The Hall–Kier alpha value is -3.08. The van der Waals surface area contributed by atoms with Crippen LogP contribution < -0.4 is 11.1 Å². The van der Waals surface area contributed by atoms with Crippen LogP contribution in [0.5, 0.6) is 0 Å². The molecular weight excluding hydrogens is 411 g/mol. The van der Waals surface area contributed by atoms with E-state index in [0.29, 0.717) is 29.1 Å². The van der Waals surface area contributed by atoms with E-state index >= 15 is 0 Å². The molecule has 2 aromatic rings. The highest BCUT2D eigenvalue weighted by atomic mass is 19.1. The first-order chi connectivity index (χ1) is 15.2. The fourth-order valence-electron chi connectivity index (χ4n) is 3.12. The first-order valence-electron chi connectivity index (χ1n) is 10.6. The molecule has 0 saturated carbocycles. The van der Waals surface area contributed by atoms with Crippen LogP contribution in [0.2, 0.25) is 0 Å². The summed E-state index contributed by atoms with van der Waals surface area (Å²) in [5.41, 5.74) is 8.36. The van der Waals surface area contributed by atoms with Gasteiger partial charge in [0.15, 0.2) is 6.29 Å². The van der Waals surface area contributed by atoms with Crippen LogP contribution in [0.15, 0.2) is 36.4 Å². The summed E-state index contributed by atoms with van der Waals surface area (Å²) in [4.78, 5) is 12.2. The monoisotopic (exact) mass is 440 g/mol. The highest BCUT2D eigenvalue weighted by Crippen LogP contribution is 2.26. The van der Waals surface area contributed by atoms with Crippen LogP contribution in [0.3, 0.4) is 0 Å². The van der Waals surface area contributed by atoms with E-state index in [0.717, 1.165) is 24.8 Å². The van der Waals surface area contributed by atoms with Crippen molar-refractivity contribution in [3.8, 4) is 11.8 Å². The van der Waals surface area contributed by atoms with Crippen LogP contribution in [-0.4, -0.2) is 24.6 Å². The molecule has 1 aliphatic rings. The maximum Gasteiger partial charge on any atom is 0.412 e. The fourth-order valence-corrected chi connectivity index (χ4v) is 3.12. The molecule has 1 atom stereocenters. The number of halogens is 1. The Labute approximate surface area is 188 Å². The van der Waals surface area contributed by atoms with E-state index in [-0.39, 0.29) is 18.7 Å². The van der Waals surface area contributed by atoms with E-state index in [9.17, 15) is 9.18 Å². The number of carbonyl (C=O) groups excluding carboxylic acids is 1. The average Bonchev–Trinajstić information content (AvgIpc) is 2.73. The van der Waals surface area contributed by atoms with Gasteiger partial charge in [-0.25, -0.2) is 9.18 Å². The van der Waals surface area contributed by atoms with E-state index in [1.54, 1.807) is 45.0 Å². The molecule has 2 aromatic carbocycles. The number of ether oxygens (including phenoxy) is 3. The lowest BCUT2D eigenvalue weighted by Crippen LogP contribution is -2.27. The largest absolute Gasteiger partial charge is 0.444 e. The number of nitrogen functional groups attached to an aromatic ring is 1. The SMILES string of the molecule is CC(C)(C)OC(=O)Nc1cc(COC2CCCCO2)c(C#Cc2ccc(F)cc2)cc1N. The highest BCUT2D eigenvalue weighted by Gasteiger charge is 2.19. The maximum atomic E-state index is 13.2. The van der Waals surface area contributed by atoms with Crippen LogP contribution in [0, 0.1) is 17.7 Å². The summed E-state index contributed by atoms with van der Waals surface area (Å²) >= 11 is 0. The smallest absolute Gasteiger partial charge is 0.412 e. The standard InChI is InChI=1S/C25H29FN2O4/c1-25(2,3)32-24(29)28-22-15-19(16-31-23-6-4-5-13-30-23)18(14-21(22)27)10-7-17-8-11-20(26)12-9-17/h8-9,11-12,14-15,23H,4-6,13,16,27H2,1-3H3,(H,28,29). The molecule has 3 rings (SSSR count). The zero-order chi connectivity index (χ0) is 23.1. The normalized spacial score (nSPS) is 16.1. The Bertz CT molecular complexity index is 998. The van der Waals surface area contributed by atoms with Gasteiger partial charge < -0.3 is 19.9 Å². The Morgan fingerprint density at radius 2 is 1.97 bits per heavy atom. The zero-order valence-corrected chi connectivity index (χ0v) is 18.7. The molecule has 7 heteroatoms. The van der Waals surface area contributed by atoms with E-state index < -0.39 is 11.7 Å². The number of carbonyl (C=O) groups is 1. The first-order valence-corrected chi connectivity index (χ1v) is 10.6. The second-order valence-electron chi connectivity index (χ2n) is 8.59. The molecule has 6 nitrogen and oxygen atoms in total. The van der Waals surface area contributed by atoms with Crippen molar-refractivity contribution in [2.24, 2.45) is 0 Å². The van der Waals surface area contributed by atoms with Gasteiger partial charge in [0.1, 0.15) is 11.4 Å². The predicted octanol–water partition coefficient (Wildman–Crippen LogP) is 5.20. The summed E-state index contributed by atoms with van der Waals surface area (Å²) in [7, 11) is 0. The maximum absolute atomic E-state index is 13.2. The van der Waals surface area contributed by atoms with Crippen LogP contribution in [0.4, 0.5) is 20.6 Å². The molecule has 0 radical (unpaired) electrons. The van der Waals surface area contributed by atoms with Gasteiger partial charge >= 0.3 is 6.09 Å². The number of hydrogen-bond donors (Lipinski definition) is 2. The third-order valence-corrected chi connectivity index (χ3v) is 4.66. The summed E-state index contributed by atoms with van der Waals surface area (Å²) in [5.74, 6) is 5.77. The molecule has 0 aromatic heterocycles. The number of rotatable bonds is 4. The fraction of sp³-hybridized carbons (Fsp3) is 0.400. The molecule has 1 unspecified atom stereocenters. The van der Waals surface area contributed by atoms with Crippen molar-refractivity contribution in [2.75, 3.05) is 17.7 Å². The van der Waals surface area contributed by atoms with Gasteiger partial charge in [0.25, 0.3) is 0 Å². The van der Waals surface area contributed by atoms with Gasteiger partial charge in [-0.1, -0.05) is 11.8 Å². The van der Waals surface area contributed by atoms with Gasteiger partial charge in [-0.05, 0) is 82.0 Å². The number of anilines is 2. The van der Waals surface area contributed by atoms with Crippen LogP contribution >= 0.6 is 0 Å². The molecule has 1 fully saturated rings. The van der Waals surface area contributed by atoms with E-state index in [1.165, 1.54) is 12.1 Å². The average molecular weight is 441 g/mol. The van der Waals surface area contributed by atoms with E-state index in [2.05, 4.69) is 17.2 Å². The molecule has 1 saturated heterocycles. The number of amides is 1. The summed E-state index contributed by atoms with van der Waals surface area (Å²) in [6.45, 7) is 6.27. The van der Waals surface area contributed by atoms with Gasteiger partial charge in [0, 0.05) is 17.7 Å². The van der Waals surface area contributed by atoms with Gasteiger partial charge in [-0.3, -0.25) is 5.32 Å². The minimum absolute atomic E-state index is 0.237. The second-order valence-corrected chi connectivity index (χ2v) is 8.59. The first kappa shape index (κ1) is 23.6. The lowest BCUT2D eigenvalue weighted by atomic mass is 10.0. The minimum Gasteiger partial charge on any atom is -0.444 e. The summed E-state index contributed by atoms with van der Waals surface area (Å²) in [6.07, 6.45) is 2.03. The number of nitrogens with one attached hydrogen (secondary N) is 1. The van der Waals surface area contributed by atoms with Crippen LogP contribution in [0.25, 0.3) is 0 Å². The quantitative estimate of drug-likeness (QED) is 0.505. The Balaban J connectivity index is 1.85. The third-order valence-electron chi connectivity index (χ3n) is 4.66. The van der Waals surface area contributed by atoms with Crippen molar-refractivity contribution in [1.29, 1.82) is 0 Å².